The van der Waals surface area contributed by atoms with E-state index < -0.39 is 12.3 Å². The van der Waals surface area contributed by atoms with Crippen LogP contribution in [0.1, 0.15) is 11.8 Å². The minimum atomic E-state index is -1.03. The van der Waals surface area contributed by atoms with Crippen molar-refractivity contribution in [1.82, 2.24) is 5.32 Å². The predicted molar refractivity (Wildman–Crippen MR) is 56.0 cm³/mol. The molecule has 0 radical (unpaired) electrons. The zero-order chi connectivity index (χ0) is 10.3. The van der Waals surface area contributed by atoms with Gasteiger partial charge < -0.3 is 9.84 Å². The van der Waals surface area contributed by atoms with E-state index in [4.69, 9.17) is 4.74 Å². The predicted octanol–water partition coefficient (Wildman–Crippen LogP) is 2.30. The van der Waals surface area contributed by atoms with Crippen molar-refractivity contribution in [2.75, 3.05) is 0 Å². The number of amides is 1. The van der Waals surface area contributed by atoms with Gasteiger partial charge in [0.05, 0.1) is 4.47 Å². The fraction of sp³-hybridized carbons (Fsp3) is 0.125. The molecule has 4 nitrogen and oxygen atoms in total. The molecule has 0 spiro atoms. The fourth-order valence-corrected chi connectivity index (χ4v) is 2.54. The Hall–Kier alpha value is -0.590. The van der Waals surface area contributed by atoms with Crippen molar-refractivity contribution in [2.24, 2.45) is 0 Å². The Kier molecular flexibility index (Phi) is 2.50. The highest BCUT2D eigenvalue weighted by Gasteiger charge is 2.26. The van der Waals surface area contributed by atoms with E-state index in [0.29, 0.717) is 15.8 Å². The Morgan fingerprint density at radius 1 is 1.43 bits per heavy atom. The van der Waals surface area contributed by atoms with E-state index in [1.807, 2.05) is 0 Å². The normalized spacial score (nSPS) is 19.6. The molecule has 0 fully saturated rings. The average molecular weight is 323 g/mol. The summed E-state index contributed by atoms with van der Waals surface area (Å²) >= 11 is 6.52. The number of aliphatic hydroxyl groups excluding tert-OH is 1. The molecule has 0 aliphatic carbocycles. The van der Waals surface area contributed by atoms with Crippen LogP contribution in [0.5, 0.6) is 5.75 Å². The molecule has 1 amide bonds. The lowest BCUT2D eigenvalue weighted by Gasteiger charge is -2.23. The van der Waals surface area contributed by atoms with Gasteiger partial charge in [-0.15, -0.1) is 0 Å². The van der Waals surface area contributed by atoms with E-state index >= 15 is 0 Å². The van der Waals surface area contributed by atoms with Crippen LogP contribution >= 0.6 is 31.9 Å². The maximum absolute atomic E-state index is 10.9. The van der Waals surface area contributed by atoms with Crippen LogP contribution in [0.3, 0.4) is 0 Å². The molecule has 2 N–H and O–H groups in total. The summed E-state index contributed by atoms with van der Waals surface area (Å²) in [4.78, 5) is 10.9. The van der Waals surface area contributed by atoms with Gasteiger partial charge in [-0.25, -0.2) is 4.79 Å². The summed E-state index contributed by atoms with van der Waals surface area (Å²) in [6, 6.07) is 3.42. The molecule has 0 aromatic heterocycles. The van der Waals surface area contributed by atoms with Crippen LogP contribution < -0.4 is 10.1 Å². The largest absolute Gasteiger partial charge is 0.414 e. The van der Waals surface area contributed by atoms with E-state index in [-0.39, 0.29) is 0 Å². The van der Waals surface area contributed by atoms with E-state index in [0.717, 1.165) is 4.47 Å². The topological polar surface area (TPSA) is 58.6 Å². The summed E-state index contributed by atoms with van der Waals surface area (Å²) in [7, 11) is 0. The maximum atomic E-state index is 10.9. The van der Waals surface area contributed by atoms with Gasteiger partial charge in [0.1, 0.15) is 0 Å². The average Bonchev–Trinajstić information content (AvgIpc) is 2.07. The van der Waals surface area contributed by atoms with Crippen LogP contribution in [0.25, 0.3) is 0 Å². The lowest BCUT2D eigenvalue weighted by atomic mass is 10.1. The van der Waals surface area contributed by atoms with E-state index in [1.165, 1.54) is 0 Å². The van der Waals surface area contributed by atoms with Gasteiger partial charge in [-0.2, -0.15) is 0 Å². The molecule has 14 heavy (non-hydrogen) atoms. The summed E-state index contributed by atoms with van der Waals surface area (Å²) in [6.07, 6.45) is -1.69. The number of benzene rings is 1. The van der Waals surface area contributed by atoms with Crippen molar-refractivity contribution < 1.29 is 14.6 Å². The van der Waals surface area contributed by atoms with E-state index in [1.54, 1.807) is 12.1 Å². The monoisotopic (exact) mass is 321 g/mol. The molecule has 1 aromatic rings. The number of fused-ring (bicyclic) bond motifs is 1. The standard InChI is InChI=1S/C8H5Br2NO3/c9-3-1-4-6(5(10)2-3)14-8(13)11-7(4)12/h1-2,7,12H,(H,11,13). The SMILES string of the molecule is O=C1NC(O)c2cc(Br)cc(Br)c2O1. The van der Waals surface area contributed by atoms with Crippen LogP contribution in [0.2, 0.25) is 0 Å². The molecular formula is C8H5Br2NO3. The molecule has 6 heteroatoms. The molecule has 1 aliphatic rings. The van der Waals surface area contributed by atoms with E-state index in [9.17, 15) is 9.90 Å². The lowest BCUT2D eigenvalue weighted by molar-refractivity contribution is 0.108. The van der Waals surface area contributed by atoms with Gasteiger partial charge in [0.2, 0.25) is 0 Å². The van der Waals surface area contributed by atoms with Crippen molar-refractivity contribution in [3.05, 3.63) is 26.6 Å². The maximum Gasteiger partial charge on any atom is 0.414 e. The summed E-state index contributed by atoms with van der Waals surface area (Å²) in [6.45, 7) is 0. The van der Waals surface area contributed by atoms with Crippen LogP contribution in [0, 0.1) is 0 Å². The van der Waals surface area contributed by atoms with E-state index in [2.05, 4.69) is 37.2 Å². The number of hydrogen-bond acceptors (Lipinski definition) is 3. The number of hydrogen-bond donors (Lipinski definition) is 2. The van der Waals surface area contributed by atoms with Crippen LogP contribution in [-0.4, -0.2) is 11.2 Å². The minimum Gasteiger partial charge on any atom is -0.409 e. The van der Waals surface area contributed by atoms with Gasteiger partial charge in [0, 0.05) is 10.0 Å². The zero-order valence-corrected chi connectivity index (χ0v) is 9.92. The molecule has 1 heterocycles. The van der Waals surface area contributed by atoms with Crippen molar-refractivity contribution in [3.63, 3.8) is 0 Å². The second kappa shape index (κ2) is 3.52. The van der Waals surface area contributed by atoms with Gasteiger partial charge in [-0.1, -0.05) is 15.9 Å². The highest BCUT2D eigenvalue weighted by molar-refractivity contribution is 9.11. The number of carbonyl (C=O) groups is 1. The van der Waals surface area contributed by atoms with Crippen molar-refractivity contribution in [3.8, 4) is 5.75 Å². The fourth-order valence-electron chi connectivity index (χ4n) is 1.20. The summed E-state index contributed by atoms with van der Waals surface area (Å²) in [5, 5.41) is 11.8. The Balaban J connectivity index is 2.58. The van der Waals surface area contributed by atoms with Crippen molar-refractivity contribution >= 4 is 38.0 Å². The quantitative estimate of drug-likeness (QED) is 0.770. The third-order valence-electron chi connectivity index (χ3n) is 1.78. The summed E-state index contributed by atoms with van der Waals surface area (Å²) < 4.78 is 6.32. The van der Waals surface area contributed by atoms with Gasteiger partial charge in [-0.3, -0.25) is 5.32 Å². The number of rotatable bonds is 0. The number of ether oxygens (including phenoxy) is 1. The van der Waals surface area contributed by atoms with Gasteiger partial charge in [0.15, 0.2) is 12.0 Å². The molecular weight excluding hydrogens is 318 g/mol. The molecule has 0 saturated carbocycles. The summed E-state index contributed by atoms with van der Waals surface area (Å²) in [5.41, 5.74) is 0.519. The second-order valence-corrected chi connectivity index (χ2v) is 4.51. The zero-order valence-electron chi connectivity index (χ0n) is 6.75. The number of aliphatic hydroxyl groups is 1. The first kappa shape index (κ1) is 9.95. The molecule has 74 valence electrons. The first-order valence-electron chi connectivity index (χ1n) is 3.73. The molecule has 0 bridgehead atoms. The molecule has 1 unspecified atom stereocenters. The smallest absolute Gasteiger partial charge is 0.409 e. The third-order valence-corrected chi connectivity index (χ3v) is 2.83. The highest BCUT2D eigenvalue weighted by atomic mass is 79.9. The van der Waals surface area contributed by atoms with Crippen molar-refractivity contribution in [2.45, 2.75) is 6.23 Å². The van der Waals surface area contributed by atoms with Crippen LogP contribution in [0.4, 0.5) is 4.79 Å². The summed E-state index contributed by atoms with van der Waals surface area (Å²) in [5.74, 6) is 0.351. The molecule has 2 rings (SSSR count). The Bertz CT molecular complexity index is 408. The molecule has 0 saturated heterocycles. The van der Waals surface area contributed by atoms with Crippen LogP contribution in [-0.2, 0) is 0 Å². The molecule has 1 aromatic carbocycles. The van der Waals surface area contributed by atoms with Gasteiger partial charge in [-0.05, 0) is 28.1 Å². The second-order valence-electron chi connectivity index (χ2n) is 2.74. The first-order chi connectivity index (χ1) is 6.58. The Morgan fingerprint density at radius 2 is 2.14 bits per heavy atom. The van der Waals surface area contributed by atoms with Crippen LogP contribution in [0.15, 0.2) is 21.1 Å². The molecule has 1 atom stereocenters. The van der Waals surface area contributed by atoms with Crippen molar-refractivity contribution in [1.29, 1.82) is 0 Å². The number of nitrogens with one attached hydrogen (secondary N) is 1. The third kappa shape index (κ3) is 1.65. The Morgan fingerprint density at radius 3 is 2.86 bits per heavy atom. The highest BCUT2D eigenvalue weighted by Crippen LogP contribution is 2.37. The molecule has 1 aliphatic heterocycles. The van der Waals surface area contributed by atoms with Gasteiger partial charge in [0.25, 0.3) is 0 Å². The number of carbonyl (C=O) groups excluding carboxylic acids is 1. The number of halogens is 2. The van der Waals surface area contributed by atoms with Gasteiger partial charge >= 0.3 is 6.09 Å². The Labute approximate surface area is 96.5 Å². The first-order valence-corrected chi connectivity index (χ1v) is 5.32. The lowest BCUT2D eigenvalue weighted by Crippen LogP contribution is -2.35. The minimum absolute atomic E-state index is 0.351.